The van der Waals surface area contributed by atoms with Crippen LogP contribution in [0.4, 0.5) is 5.69 Å². The summed E-state index contributed by atoms with van der Waals surface area (Å²) in [5.41, 5.74) is 1.37. The van der Waals surface area contributed by atoms with Gasteiger partial charge in [0.1, 0.15) is 6.07 Å². The fraction of sp³-hybridized carbons (Fsp3) is 0.300. The van der Waals surface area contributed by atoms with Crippen LogP contribution in [0.2, 0.25) is 0 Å². The van der Waals surface area contributed by atoms with Gasteiger partial charge in [0.2, 0.25) is 0 Å². The van der Waals surface area contributed by atoms with Gasteiger partial charge in [-0.15, -0.1) is 0 Å². The third-order valence-corrected chi connectivity index (χ3v) is 1.64. The van der Waals surface area contributed by atoms with Gasteiger partial charge in [0.25, 0.3) is 0 Å². The van der Waals surface area contributed by atoms with Crippen molar-refractivity contribution in [2.75, 3.05) is 11.9 Å². The Hall–Kier alpha value is -1.53. The van der Waals surface area contributed by atoms with Gasteiger partial charge in [0.05, 0.1) is 17.4 Å². The first-order valence-electron chi connectivity index (χ1n) is 4.15. The largest absolute Gasteiger partial charge is 0.392 e. The van der Waals surface area contributed by atoms with Crippen molar-refractivity contribution in [3.8, 4) is 6.07 Å². The average molecular weight is 176 g/mol. The molecule has 1 atom stereocenters. The number of nitrogens with one attached hydrogen (secondary N) is 1. The van der Waals surface area contributed by atoms with Crippen molar-refractivity contribution in [3.63, 3.8) is 0 Å². The van der Waals surface area contributed by atoms with Crippen LogP contribution in [0.5, 0.6) is 0 Å². The summed E-state index contributed by atoms with van der Waals surface area (Å²) in [6.45, 7) is 2.15. The van der Waals surface area contributed by atoms with Crippen molar-refractivity contribution in [3.05, 3.63) is 29.8 Å². The zero-order valence-electron chi connectivity index (χ0n) is 7.49. The van der Waals surface area contributed by atoms with Crippen molar-refractivity contribution >= 4 is 5.69 Å². The highest BCUT2D eigenvalue weighted by Gasteiger charge is 2.00. The lowest BCUT2D eigenvalue weighted by molar-refractivity contribution is 0.208. The van der Waals surface area contributed by atoms with Crippen molar-refractivity contribution in [2.24, 2.45) is 0 Å². The number of nitriles is 1. The predicted octanol–water partition coefficient (Wildman–Crippen LogP) is 1.35. The highest BCUT2D eigenvalue weighted by atomic mass is 16.3. The Kier molecular flexibility index (Phi) is 3.30. The molecule has 3 heteroatoms. The summed E-state index contributed by atoms with van der Waals surface area (Å²) in [4.78, 5) is 0. The van der Waals surface area contributed by atoms with Crippen molar-refractivity contribution in [2.45, 2.75) is 13.0 Å². The normalized spacial score (nSPS) is 11.8. The molecule has 0 aliphatic heterocycles. The Balaban J connectivity index is 2.71. The SMILES string of the molecule is C[C@@H](O)CNc1ccccc1C#N. The molecular weight excluding hydrogens is 164 g/mol. The van der Waals surface area contributed by atoms with Gasteiger partial charge in [-0.3, -0.25) is 0 Å². The smallest absolute Gasteiger partial charge is 0.101 e. The number of anilines is 1. The molecule has 0 aromatic heterocycles. The first-order chi connectivity index (χ1) is 6.24. The topological polar surface area (TPSA) is 56.0 Å². The number of nitrogens with zero attached hydrogens (tertiary/aromatic N) is 1. The molecule has 0 aliphatic rings. The maximum atomic E-state index is 9.03. The molecule has 0 saturated carbocycles. The molecule has 0 amide bonds. The van der Waals surface area contributed by atoms with Gasteiger partial charge in [-0.2, -0.15) is 5.26 Å². The van der Waals surface area contributed by atoms with Gasteiger partial charge < -0.3 is 10.4 Å². The van der Waals surface area contributed by atoms with Gasteiger partial charge in [-0.1, -0.05) is 12.1 Å². The van der Waals surface area contributed by atoms with E-state index in [0.717, 1.165) is 5.69 Å². The lowest BCUT2D eigenvalue weighted by Gasteiger charge is -2.09. The zero-order chi connectivity index (χ0) is 9.68. The van der Waals surface area contributed by atoms with Crippen LogP contribution < -0.4 is 5.32 Å². The standard InChI is InChI=1S/C10H12N2O/c1-8(13)7-12-10-5-3-2-4-9(10)6-11/h2-5,8,12-13H,7H2,1H3/t8-/m1/s1. The van der Waals surface area contributed by atoms with Crippen molar-refractivity contribution in [1.82, 2.24) is 0 Å². The van der Waals surface area contributed by atoms with Crippen LogP contribution in [0, 0.1) is 11.3 Å². The summed E-state index contributed by atoms with van der Waals surface area (Å²) >= 11 is 0. The minimum Gasteiger partial charge on any atom is -0.392 e. The lowest BCUT2D eigenvalue weighted by Crippen LogP contribution is -2.15. The lowest BCUT2D eigenvalue weighted by atomic mass is 10.2. The predicted molar refractivity (Wildman–Crippen MR) is 51.3 cm³/mol. The highest BCUT2D eigenvalue weighted by Crippen LogP contribution is 2.12. The van der Waals surface area contributed by atoms with Gasteiger partial charge in [-0.25, -0.2) is 0 Å². The molecule has 1 aromatic carbocycles. The van der Waals surface area contributed by atoms with E-state index in [9.17, 15) is 0 Å². The first kappa shape index (κ1) is 9.56. The molecule has 68 valence electrons. The molecular formula is C10H12N2O. The monoisotopic (exact) mass is 176 g/mol. The molecule has 2 N–H and O–H groups in total. The Morgan fingerprint density at radius 3 is 2.85 bits per heavy atom. The van der Waals surface area contributed by atoms with Gasteiger partial charge >= 0.3 is 0 Å². The molecule has 1 rings (SSSR count). The minimum absolute atomic E-state index is 0.410. The van der Waals surface area contributed by atoms with Crippen LogP contribution in [0.1, 0.15) is 12.5 Å². The third-order valence-electron chi connectivity index (χ3n) is 1.64. The summed E-state index contributed by atoms with van der Waals surface area (Å²) in [7, 11) is 0. The third kappa shape index (κ3) is 2.77. The summed E-state index contributed by atoms with van der Waals surface area (Å²) in [6.07, 6.45) is -0.410. The van der Waals surface area contributed by atoms with Crippen LogP contribution in [-0.4, -0.2) is 17.8 Å². The summed E-state index contributed by atoms with van der Waals surface area (Å²) in [5, 5.41) is 20.8. The van der Waals surface area contributed by atoms with Gasteiger partial charge in [0, 0.05) is 6.54 Å². The molecule has 0 fully saturated rings. The Morgan fingerprint density at radius 1 is 1.54 bits per heavy atom. The van der Waals surface area contributed by atoms with E-state index in [0.29, 0.717) is 12.1 Å². The fourth-order valence-corrected chi connectivity index (χ4v) is 0.992. The number of hydrogen-bond acceptors (Lipinski definition) is 3. The number of rotatable bonds is 3. The number of aliphatic hydroxyl groups excluding tert-OH is 1. The van der Waals surface area contributed by atoms with Gasteiger partial charge in [-0.05, 0) is 19.1 Å². The molecule has 3 nitrogen and oxygen atoms in total. The maximum absolute atomic E-state index is 9.03. The maximum Gasteiger partial charge on any atom is 0.101 e. The van der Waals surface area contributed by atoms with Crippen LogP contribution in [0.15, 0.2) is 24.3 Å². The van der Waals surface area contributed by atoms with E-state index in [4.69, 9.17) is 10.4 Å². The van der Waals surface area contributed by atoms with Crippen LogP contribution in [0.25, 0.3) is 0 Å². The molecule has 0 radical (unpaired) electrons. The van der Waals surface area contributed by atoms with E-state index in [1.165, 1.54) is 0 Å². The zero-order valence-corrected chi connectivity index (χ0v) is 7.49. The van der Waals surface area contributed by atoms with E-state index in [2.05, 4.69) is 11.4 Å². The molecule has 0 aliphatic carbocycles. The van der Waals surface area contributed by atoms with Gasteiger partial charge in [0.15, 0.2) is 0 Å². The quantitative estimate of drug-likeness (QED) is 0.731. The Morgan fingerprint density at radius 2 is 2.23 bits per heavy atom. The summed E-state index contributed by atoms with van der Waals surface area (Å²) in [6, 6.07) is 9.30. The summed E-state index contributed by atoms with van der Waals surface area (Å²) in [5.74, 6) is 0. The average Bonchev–Trinajstić information content (AvgIpc) is 2.15. The van der Waals surface area contributed by atoms with E-state index in [1.54, 1.807) is 13.0 Å². The number of benzene rings is 1. The Labute approximate surface area is 77.6 Å². The van der Waals surface area contributed by atoms with Crippen LogP contribution >= 0.6 is 0 Å². The minimum atomic E-state index is -0.410. The molecule has 0 saturated heterocycles. The molecule has 1 aromatic rings. The van der Waals surface area contributed by atoms with Crippen LogP contribution in [-0.2, 0) is 0 Å². The van der Waals surface area contributed by atoms with E-state index in [1.807, 2.05) is 18.2 Å². The first-order valence-corrected chi connectivity index (χ1v) is 4.15. The summed E-state index contributed by atoms with van der Waals surface area (Å²) < 4.78 is 0. The van der Waals surface area contributed by atoms with E-state index in [-0.39, 0.29) is 0 Å². The molecule has 0 heterocycles. The second-order valence-corrected chi connectivity index (χ2v) is 2.89. The molecule has 13 heavy (non-hydrogen) atoms. The van der Waals surface area contributed by atoms with Crippen molar-refractivity contribution < 1.29 is 5.11 Å². The second-order valence-electron chi connectivity index (χ2n) is 2.89. The highest BCUT2D eigenvalue weighted by molar-refractivity contribution is 5.57. The second kappa shape index (κ2) is 4.48. The Bertz CT molecular complexity index is 315. The van der Waals surface area contributed by atoms with E-state index >= 15 is 0 Å². The number of para-hydroxylation sites is 1. The molecule has 0 unspecified atom stereocenters. The fourth-order valence-electron chi connectivity index (χ4n) is 0.992. The number of aliphatic hydroxyl groups is 1. The molecule has 0 spiro atoms. The van der Waals surface area contributed by atoms with E-state index < -0.39 is 6.10 Å². The number of hydrogen-bond donors (Lipinski definition) is 2. The van der Waals surface area contributed by atoms with Crippen molar-refractivity contribution in [1.29, 1.82) is 5.26 Å². The molecule has 0 bridgehead atoms. The van der Waals surface area contributed by atoms with Crippen LogP contribution in [0.3, 0.4) is 0 Å².